The highest BCUT2D eigenvalue weighted by molar-refractivity contribution is 7.89. The molecule has 0 aromatic heterocycles. The molecule has 0 fully saturated rings. The number of benzene rings is 1. The number of hydrogen-bond acceptors (Lipinski definition) is 4. The fraction of sp³-hybridized carbons (Fsp3) is 0.300. The van der Waals surface area contributed by atoms with Gasteiger partial charge in [0.25, 0.3) is 0 Å². The highest BCUT2D eigenvalue weighted by atomic mass is 32.2. The maximum atomic E-state index is 12.0. The maximum Gasteiger partial charge on any atom is 0.402 e. The summed E-state index contributed by atoms with van der Waals surface area (Å²) >= 11 is 0. The Labute approximate surface area is 113 Å². The average Bonchev–Trinajstić information content (AvgIpc) is 2.36. The van der Waals surface area contributed by atoms with Gasteiger partial charge in [-0.2, -0.15) is 13.2 Å². The van der Waals surface area contributed by atoms with E-state index in [9.17, 15) is 26.4 Å². The minimum absolute atomic E-state index is 0.243. The van der Waals surface area contributed by atoms with Gasteiger partial charge in [0.1, 0.15) is 6.54 Å². The monoisotopic (exact) mass is 311 g/mol. The molecule has 1 rings (SSSR count). The van der Waals surface area contributed by atoms with Crippen LogP contribution in [-0.4, -0.2) is 33.6 Å². The maximum absolute atomic E-state index is 12.0. The first-order valence-corrected chi connectivity index (χ1v) is 6.79. The highest BCUT2D eigenvalue weighted by Gasteiger charge is 2.29. The smallest absolute Gasteiger partial charge is 0.325 e. The number of sulfonamides is 1. The molecule has 0 unspecified atom stereocenters. The summed E-state index contributed by atoms with van der Waals surface area (Å²) in [6.45, 7) is -1.89. The molecule has 0 aliphatic heterocycles. The van der Waals surface area contributed by atoms with Gasteiger partial charge in [0.05, 0.1) is 11.4 Å². The van der Waals surface area contributed by atoms with Crippen molar-refractivity contribution in [1.29, 1.82) is 0 Å². The van der Waals surface area contributed by atoms with Crippen LogP contribution >= 0.6 is 0 Å². The van der Waals surface area contributed by atoms with Gasteiger partial charge in [-0.15, -0.1) is 0 Å². The van der Waals surface area contributed by atoms with Crippen LogP contribution in [0.25, 0.3) is 0 Å². The lowest BCUT2D eigenvalue weighted by molar-refractivity contribution is -0.121. The number of rotatable bonds is 5. The van der Waals surface area contributed by atoms with Gasteiger partial charge in [-0.1, -0.05) is 0 Å². The molecule has 0 spiro atoms. The first-order chi connectivity index (χ1) is 9.14. The summed E-state index contributed by atoms with van der Waals surface area (Å²) in [6.07, 6.45) is -4.64. The Kier molecular flexibility index (Phi) is 5.09. The first-order valence-electron chi connectivity index (χ1n) is 5.30. The van der Waals surface area contributed by atoms with E-state index in [-0.39, 0.29) is 17.1 Å². The van der Waals surface area contributed by atoms with E-state index in [1.165, 1.54) is 16.9 Å². The standard InChI is InChI=1S/C10H12F3N3O3S/c11-10(12,13)6-15-20(18,19)8-3-1-7(2-4-8)16-9(17)5-14/h1-4,15H,5-6,14H2,(H,16,17). The molecule has 0 aliphatic carbocycles. The van der Waals surface area contributed by atoms with Gasteiger partial charge in [0, 0.05) is 5.69 Å². The number of carbonyl (C=O) groups is 1. The van der Waals surface area contributed by atoms with Gasteiger partial charge >= 0.3 is 6.18 Å². The second-order valence-corrected chi connectivity index (χ2v) is 5.48. The second kappa shape index (κ2) is 6.20. The van der Waals surface area contributed by atoms with Crippen molar-refractivity contribution < 1.29 is 26.4 Å². The van der Waals surface area contributed by atoms with Crippen molar-refractivity contribution in [2.75, 3.05) is 18.4 Å². The van der Waals surface area contributed by atoms with Gasteiger partial charge < -0.3 is 11.1 Å². The fourth-order valence-corrected chi connectivity index (χ4v) is 2.20. The zero-order chi connectivity index (χ0) is 15.4. The molecule has 0 bridgehead atoms. The largest absolute Gasteiger partial charge is 0.402 e. The van der Waals surface area contributed by atoms with Crippen molar-refractivity contribution in [2.24, 2.45) is 5.73 Å². The van der Waals surface area contributed by atoms with E-state index in [1.807, 2.05) is 0 Å². The minimum Gasteiger partial charge on any atom is -0.325 e. The van der Waals surface area contributed by atoms with E-state index in [0.29, 0.717) is 0 Å². The zero-order valence-corrected chi connectivity index (χ0v) is 10.9. The van der Waals surface area contributed by atoms with E-state index in [2.05, 4.69) is 5.32 Å². The highest BCUT2D eigenvalue weighted by Crippen LogP contribution is 2.17. The number of hydrogen-bond donors (Lipinski definition) is 3. The normalized spacial score (nSPS) is 12.2. The summed E-state index contributed by atoms with van der Waals surface area (Å²) in [5.41, 5.74) is 5.36. The third-order valence-corrected chi connectivity index (χ3v) is 3.51. The Morgan fingerprint density at radius 3 is 2.20 bits per heavy atom. The molecule has 0 atom stereocenters. The molecule has 1 aromatic carbocycles. The van der Waals surface area contributed by atoms with Crippen LogP contribution in [0.15, 0.2) is 29.2 Å². The number of anilines is 1. The Morgan fingerprint density at radius 1 is 1.20 bits per heavy atom. The van der Waals surface area contributed by atoms with E-state index >= 15 is 0 Å². The van der Waals surface area contributed by atoms with Crippen molar-refractivity contribution in [3.63, 3.8) is 0 Å². The van der Waals surface area contributed by atoms with Crippen molar-refractivity contribution in [1.82, 2.24) is 4.72 Å². The lowest BCUT2D eigenvalue weighted by atomic mass is 10.3. The second-order valence-electron chi connectivity index (χ2n) is 3.72. The molecule has 0 saturated carbocycles. The SMILES string of the molecule is NCC(=O)Nc1ccc(S(=O)(=O)NCC(F)(F)F)cc1. The predicted octanol–water partition coefficient (Wildman–Crippen LogP) is 0.424. The predicted molar refractivity (Wildman–Crippen MR) is 65.4 cm³/mol. The molecule has 1 amide bonds. The third kappa shape index (κ3) is 5.15. The lowest BCUT2D eigenvalue weighted by Crippen LogP contribution is -2.33. The number of alkyl halides is 3. The topological polar surface area (TPSA) is 101 Å². The molecule has 4 N–H and O–H groups in total. The number of carbonyl (C=O) groups excluding carboxylic acids is 1. The molecule has 6 nitrogen and oxygen atoms in total. The summed E-state index contributed by atoms with van der Waals surface area (Å²) in [7, 11) is -4.25. The van der Waals surface area contributed by atoms with Gasteiger partial charge in [-0.25, -0.2) is 13.1 Å². The number of nitrogens with one attached hydrogen (secondary N) is 2. The van der Waals surface area contributed by atoms with Crippen molar-refractivity contribution in [3.05, 3.63) is 24.3 Å². The van der Waals surface area contributed by atoms with Crippen LogP contribution in [0.5, 0.6) is 0 Å². The average molecular weight is 311 g/mol. The number of nitrogens with two attached hydrogens (primary N) is 1. The quantitative estimate of drug-likeness (QED) is 0.733. The van der Waals surface area contributed by atoms with Gasteiger partial charge in [0.2, 0.25) is 15.9 Å². The molecular weight excluding hydrogens is 299 g/mol. The van der Waals surface area contributed by atoms with E-state index in [1.54, 1.807) is 0 Å². The van der Waals surface area contributed by atoms with Gasteiger partial charge in [-0.3, -0.25) is 4.79 Å². The molecule has 0 heterocycles. The molecule has 10 heteroatoms. The molecular formula is C10H12F3N3O3S. The van der Waals surface area contributed by atoms with Gasteiger partial charge in [0.15, 0.2) is 0 Å². The van der Waals surface area contributed by atoms with Crippen LogP contribution in [0.2, 0.25) is 0 Å². The summed E-state index contributed by atoms with van der Waals surface area (Å²) in [5.74, 6) is -0.476. The molecule has 0 radical (unpaired) electrons. The minimum atomic E-state index is -4.64. The van der Waals surface area contributed by atoms with Crippen LogP contribution in [-0.2, 0) is 14.8 Å². The molecule has 112 valence electrons. The van der Waals surface area contributed by atoms with Crippen molar-refractivity contribution in [3.8, 4) is 0 Å². The zero-order valence-electron chi connectivity index (χ0n) is 10.1. The Hall–Kier alpha value is -1.65. The Bertz CT molecular complexity index is 570. The first kappa shape index (κ1) is 16.4. The fourth-order valence-electron chi connectivity index (χ4n) is 1.19. The van der Waals surface area contributed by atoms with E-state index in [0.717, 1.165) is 12.1 Å². The molecule has 0 aliphatic rings. The van der Waals surface area contributed by atoms with Crippen LogP contribution in [0, 0.1) is 0 Å². The van der Waals surface area contributed by atoms with Crippen LogP contribution in [0.1, 0.15) is 0 Å². The Morgan fingerprint density at radius 2 is 1.75 bits per heavy atom. The summed E-state index contributed by atoms with van der Waals surface area (Å²) < 4.78 is 60.4. The van der Waals surface area contributed by atoms with Crippen LogP contribution in [0.3, 0.4) is 0 Å². The molecule has 20 heavy (non-hydrogen) atoms. The lowest BCUT2D eigenvalue weighted by Gasteiger charge is -2.10. The van der Waals surface area contributed by atoms with Crippen molar-refractivity contribution >= 4 is 21.6 Å². The number of amides is 1. The summed E-state index contributed by atoms with van der Waals surface area (Å²) in [6, 6.07) is 4.64. The summed E-state index contributed by atoms with van der Waals surface area (Å²) in [4.78, 5) is 10.6. The van der Waals surface area contributed by atoms with Crippen molar-refractivity contribution in [2.45, 2.75) is 11.1 Å². The Balaban J connectivity index is 2.79. The van der Waals surface area contributed by atoms with Crippen LogP contribution < -0.4 is 15.8 Å². The van der Waals surface area contributed by atoms with E-state index < -0.39 is 28.7 Å². The number of halogens is 3. The van der Waals surface area contributed by atoms with Gasteiger partial charge in [-0.05, 0) is 24.3 Å². The van der Waals surface area contributed by atoms with E-state index in [4.69, 9.17) is 5.73 Å². The third-order valence-electron chi connectivity index (χ3n) is 2.10. The van der Waals surface area contributed by atoms with Crippen LogP contribution in [0.4, 0.5) is 18.9 Å². The summed E-state index contributed by atoms with van der Waals surface area (Å²) in [5, 5.41) is 2.37. The molecule has 0 saturated heterocycles. The molecule has 1 aromatic rings.